The molecule has 3 atom stereocenters. The normalized spacial score (nSPS) is 13.4. The number of aliphatic imine (C=N–C) groups is 1. The van der Waals surface area contributed by atoms with Gasteiger partial charge in [-0.05, 0) is 117 Å². The molecule has 276 valence electrons. The van der Waals surface area contributed by atoms with Crippen LogP contribution in [-0.4, -0.2) is 70.9 Å². The van der Waals surface area contributed by atoms with Gasteiger partial charge in [0.1, 0.15) is 22.7 Å². The van der Waals surface area contributed by atoms with E-state index in [1.807, 2.05) is 13.8 Å². The predicted molar refractivity (Wildman–Crippen MR) is 189 cm³/mol. The third-order valence-electron chi connectivity index (χ3n) is 7.67. The van der Waals surface area contributed by atoms with E-state index in [2.05, 4.69) is 15.6 Å². The molecule has 2 amide bonds. The van der Waals surface area contributed by atoms with Crippen molar-refractivity contribution < 1.29 is 38.6 Å². The number of hydrogen-bond acceptors (Lipinski definition) is 9. The Morgan fingerprint density at radius 3 is 1.96 bits per heavy atom. The monoisotopic (exact) mass is 689 g/mol. The second-order valence-corrected chi connectivity index (χ2v) is 14.7. The maximum atomic E-state index is 13.9. The van der Waals surface area contributed by atoms with Gasteiger partial charge in [0.05, 0.1) is 12.5 Å². The number of phenols is 1. The van der Waals surface area contributed by atoms with Crippen LogP contribution in [-0.2, 0) is 35.1 Å². The quantitative estimate of drug-likeness (QED) is 0.0601. The van der Waals surface area contributed by atoms with E-state index >= 15 is 0 Å². The van der Waals surface area contributed by atoms with E-state index in [1.54, 1.807) is 53.7 Å². The predicted octanol–water partition coefficient (Wildman–Crippen LogP) is 4.30. The first-order valence-corrected chi connectivity index (χ1v) is 16.9. The SMILES string of the molecule is CC(=O)C(CCCCNC(=O)OC(C)(C)C)CC(=O)C(Cc1c(C)cc(O)cc1C)NC(=O)C(CCCN=C(N)N)CC(=O)OC(C)(C)C. The molecule has 0 aliphatic carbocycles. The number of nitrogens with zero attached hydrogens (tertiary/aromatic N) is 1. The summed E-state index contributed by atoms with van der Waals surface area (Å²) in [5.41, 5.74) is 11.8. The number of hydrogen-bond donors (Lipinski definition) is 5. The minimum absolute atomic E-state index is 0.0849. The first kappa shape index (κ1) is 42.9. The van der Waals surface area contributed by atoms with Crippen molar-refractivity contribution in [2.75, 3.05) is 13.1 Å². The summed E-state index contributed by atoms with van der Waals surface area (Å²) in [6.45, 7) is 16.2. The molecule has 3 unspecified atom stereocenters. The Balaban J connectivity index is 3.20. The van der Waals surface area contributed by atoms with E-state index in [1.165, 1.54) is 6.92 Å². The number of unbranched alkanes of at least 4 members (excludes halogenated alkanes) is 1. The van der Waals surface area contributed by atoms with Crippen molar-refractivity contribution in [2.45, 2.75) is 131 Å². The molecule has 0 radical (unpaired) electrons. The Bertz CT molecular complexity index is 1300. The fraction of sp³-hybridized carbons (Fsp3) is 0.667. The number of amides is 2. The van der Waals surface area contributed by atoms with E-state index in [9.17, 15) is 29.1 Å². The second kappa shape index (κ2) is 19.7. The molecule has 1 aromatic carbocycles. The molecule has 13 nitrogen and oxygen atoms in total. The van der Waals surface area contributed by atoms with Crippen LogP contribution < -0.4 is 22.1 Å². The van der Waals surface area contributed by atoms with Gasteiger partial charge in [-0.15, -0.1) is 0 Å². The van der Waals surface area contributed by atoms with E-state index in [4.69, 9.17) is 20.9 Å². The fourth-order valence-electron chi connectivity index (χ4n) is 5.34. The number of aromatic hydroxyl groups is 1. The Morgan fingerprint density at radius 2 is 1.43 bits per heavy atom. The van der Waals surface area contributed by atoms with Gasteiger partial charge in [0.15, 0.2) is 11.7 Å². The Morgan fingerprint density at radius 1 is 0.857 bits per heavy atom. The number of benzene rings is 1. The second-order valence-electron chi connectivity index (χ2n) is 14.7. The summed E-state index contributed by atoms with van der Waals surface area (Å²) in [5.74, 6) is -2.97. The average Bonchev–Trinajstić information content (AvgIpc) is 2.92. The van der Waals surface area contributed by atoms with E-state index in [-0.39, 0.29) is 55.5 Å². The molecule has 0 heterocycles. The number of guanidine groups is 1. The highest BCUT2D eigenvalue weighted by Gasteiger charge is 2.31. The lowest BCUT2D eigenvalue weighted by Crippen LogP contribution is -2.46. The molecule has 1 aromatic rings. The topological polar surface area (TPSA) is 213 Å². The molecular weight excluding hydrogens is 630 g/mol. The Hall–Kier alpha value is -4.16. The minimum atomic E-state index is -1.01. The van der Waals surface area contributed by atoms with Gasteiger partial charge in [-0.1, -0.05) is 6.42 Å². The van der Waals surface area contributed by atoms with Crippen LogP contribution in [0.15, 0.2) is 17.1 Å². The lowest BCUT2D eigenvalue weighted by molar-refractivity contribution is -0.157. The summed E-state index contributed by atoms with van der Waals surface area (Å²) < 4.78 is 10.7. The summed E-state index contributed by atoms with van der Waals surface area (Å²) in [6, 6.07) is 2.17. The minimum Gasteiger partial charge on any atom is -0.508 e. The number of alkyl carbamates (subject to hydrolysis) is 1. The third kappa shape index (κ3) is 18.3. The molecule has 0 spiro atoms. The number of esters is 1. The molecule has 0 bridgehead atoms. The number of nitrogens with two attached hydrogens (primary N) is 2. The van der Waals surface area contributed by atoms with Crippen molar-refractivity contribution in [2.24, 2.45) is 28.3 Å². The number of ketones is 2. The highest BCUT2D eigenvalue weighted by Crippen LogP contribution is 2.25. The number of phenolic OH excluding ortho intramolecular Hbond substituents is 1. The molecule has 7 N–H and O–H groups in total. The summed E-state index contributed by atoms with van der Waals surface area (Å²) in [7, 11) is 0. The number of carbonyl (C=O) groups is 5. The van der Waals surface area contributed by atoms with Crippen LogP contribution in [0.1, 0.15) is 110 Å². The number of nitrogens with one attached hydrogen (secondary N) is 2. The molecular formula is C36H59N5O8. The Labute approximate surface area is 291 Å². The maximum Gasteiger partial charge on any atom is 0.407 e. The molecule has 13 heteroatoms. The van der Waals surface area contributed by atoms with Gasteiger partial charge in [-0.2, -0.15) is 0 Å². The van der Waals surface area contributed by atoms with Crippen LogP contribution in [0.3, 0.4) is 0 Å². The van der Waals surface area contributed by atoms with Crippen molar-refractivity contribution >= 4 is 35.5 Å². The van der Waals surface area contributed by atoms with Crippen LogP contribution in [0, 0.1) is 25.7 Å². The van der Waals surface area contributed by atoms with Crippen LogP contribution in [0.2, 0.25) is 0 Å². The lowest BCUT2D eigenvalue weighted by atomic mass is 9.87. The van der Waals surface area contributed by atoms with Gasteiger partial charge in [0, 0.05) is 37.8 Å². The van der Waals surface area contributed by atoms with Gasteiger partial charge in [-0.25, -0.2) is 4.79 Å². The number of ether oxygens (including phenoxy) is 2. The Kier molecular flexibility index (Phi) is 17.3. The molecule has 0 saturated carbocycles. The zero-order valence-electron chi connectivity index (χ0n) is 30.9. The van der Waals surface area contributed by atoms with Crippen molar-refractivity contribution in [1.29, 1.82) is 0 Å². The molecule has 0 aromatic heterocycles. The molecule has 0 saturated heterocycles. The molecule has 49 heavy (non-hydrogen) atoms. The standard InChI is InChI=1S/C36H59N5O8/c1-22-17-27(43)18-23(2)28(22)21-29(30(44)19-25(24(3)42)13-10-11-15-40-34(47)49-36(7,8)9)41-32(46)26(14-12-16-39-33(37)38)20-31(45)48-35(4,5)6/h17-18,25-26,29,43H,10-16,19-21H2,1-9H3,(H,40,47)(H,41,46)(H4,37,38,39). The van der Waals surface area contributed by atoms with Crippen molar-refractivity contribution in [3.05, 3.63) is 28.8 Å². The average molecular weight is 690 g/mol. The van der Waals surface area contributed by atoms with E-state index in [0.717, 1.165) is 16.7 Å². The highest BCUT2D eigenvalue weighted by molar-refractivity contribution is 5.93. The van der Waals surface area contributed by atoms with Gasteiger partial charge < -0.3 is 36.7 Å². The van der Waals surface area contributed by atoms with Crippen LogP contribution in [0.5, 0.6) is 5.75 Å². The summed E-state index contributed by atoms with van der Waals surface area (Å²) in [5, 5.41) is 15.7. The maximum absolute atomic E-state index is 13.9. The number of Topliss-reactive ketones (excluding diaryl/α,β-unsaturated/α-hetero) is 2. The third-order valence-corrected chi connectivity index (χ3v) is 7.67. The van der Waals surface area contributed by atoms with Crippen molar-refractivity contribution in [1.82, 2.24) is 10.6 Å². The largest absolute Gasteiger partial charge is 0.508 e. The molecule has 0 fully saturated rings. The van der Waals surface area contributed by atoms with Gasteiger partial charge in [-0.3, -0.25) is 24.2 Å². The van der Waals surface area contributed by atoms with Crippen molar-refractivity contribution in [3.8, 4) is 5.75 Å². The first-order chi connectivity index (χ1) is 22.6. The summed E-state index contributed by atoms with van der Waals surface area (Å²) >= 11 is 0. The summed E-state index contributed by atoms with van der Waals surface area (Å²) in [4.78, 5) is 69.1. The van der Waals surface area contributed by atoms with Gasteiger partial charge >= 0.3 is 12.1 Å². The van der Waals surface area contributed by atoms with Gasteiger partial charge in [0.2, 0.25) is 5.91 Å². The van der Waals surface area contributed by atoms with Crippen LogP contribution >= 0.6 is 0 Å². The van der Waals surface area contributed by atoms with Crippen molar-refractivity contribution in [3.63, 3.8) is 0 Å². The van der Waals surface area contributed by atoms with Gasteiger partial charge in [0.25, 0.3) is 0 Å². The summed E-state index contributed by atoms with van der Waals surface area (Å²) in [6.07, 6.45) is 1.53. The smallest absolute Gasteiger partial charge is 0.407 e. The lowest BCUT2D eigenvalue weighted by Gasteiger charge is -2.26. The fourth-order valence-corrected chi connectivity index (χ4v) is 5.34. The number of aryl methyl sites for hydroxylation is 2. The first-order valence-electron chi connectivity index (χ1n) is 16.9. The zero-order valence-corrected chi connectivity index (χ0v) is 30.9. The molecule has 0 aliphatic heterocycles. The number of carbonyl (C=O) groups excluding carboxylic acids is 5. The highest BCUT2D eigenvalue weighted by atomic mass is 16.6. The number of rotatable bonds is 19. The van der Waals surface area contributed by atoms with Crippen LogP contribution in [0.4, 0.5) is 4.79 Å². The molecule has 1 rings (SSSR count). The zero-order chi connectivity index (χ0) is 37.5. The van der Waals surface area contributed by atoms with Crippen LogP contribution in [0.25, 0.3) is 0 Å². The van der Waals surface area contributed by atoms with E-state index in [0.29, 0.717) is 32.2 Å². The molecule has 0 aliphatic rings. The van der Waals surface area contributed by atoms with E-state index < -0.39 is 47.0 Å².